The molecule has 0 aromatic heterocycles. The van der Waals surface area contributed by atoms with Gasteiger partial charge in [0, 0.05) is 17.1 Å². The Hall–Kier alpha value is 0.319. The molecule has 1 radical (unpaired) electrons. The van der Waals surface area contributed by atoms with Crippen molar-refractivity contribution in [2.24, 2.45) is 0 Å². The maximum absolute atomic E-state index is 0. The first-order valence-electron chi connectivity index (χ1n) is 0. The molecule has 6 heavy (non-hydrogen) atoms. The molecule has 0 saturated heterocycles. The predicted octanol–water partition coefficient (Wildman–Crippen LogP) is 2.04. The van der Waals surface area contributed by atoms with Crippen LogP contribution < -0.4 is 0 Å². The first kappa shape index (κ1) is 1750. The first-order valence-corrected chi connectivity index (χ1v) is 0. The molecule has 0 aliphatic rings. The molecule has 0 heterocycles. The summed E-state index contributed by atoms with van der Waals surface area (Å²) in [5, 5.41) is 0. The molecule has 10 N–H and O–H groups in total. The Morgan fingerprint density at radius 2 is 0.500 bits per heavy atom. The molecule has 0 saturated carbocycles. The Labute approximate surface area is 48.0 Å². The second-order valence-corrected chi connectivity index (χ2v) is 0. The molecule has 0 rings (SSSR count). The molecule has 0 atom stereocenters. The van der Waals surface area contributed by atoms with Crippen molar-refractivity contribution in [2.75, 3.05) is 0 Å². The van der Waals surface area contributed by atoms with Crippen molar-refractivity contribution >= 4 is 0 Å². The molecule has 0 unspecified atom stereocenters. The minimum absolute atomic E-state index is 0. The van der Waals surface area contributed by atoms with E-state index in [1.807, 2.05) is 0 Å². The van der Waals surface area contributed by atoms with Crippen LogP contribution in [0.4, 0.5) is 0 Å². The van der Waals surface area contributed by atoms with E-state index in [-0.39, 0.29) is 47.1 Å². The number of nitrogens with two attached hydrogens (primary N) is 4. The van der Waals surface area contributed by atoms with E-state index in [1.165, 1.54) is 0 Å². The summed E-state index contributed by atoms with van der Waals surface area (Å²) >= 11 is 0. The smallest absolute Gasteiger partial charge is 0 e. The Kier molecular flexibility index (Phi) is 284000. The van der Waals surface area contributed by atoms with Gasteiger partial charge in [0.1, 0.15) is 0 Å². The molecule has 0 spiro atoms. The summed E-state index contributed by atoms with van der Waals surface area (Å²) in [7, 11) is 0. The third kappa shape index (κ3) is 466. The van der Waals surface area contributed by atoms with Crippen molar-refractivity contribution in [1.82, 2.24) is 0 Å². The van der Waals surface area contributed by atoms with Gasteiger partial charge in [-0.3, -0.25) is 0 Å². The summed E-state index contributed by atoms with van der Waals surface area (Å²) in [6.07, 6.45) is 0. The summed E-state index contributed by atoms with van der Waals surface area (Å²) in [5.41, 5.74) is 0. The quantitative estimate of drug-likeness (QED) is 0.456. The van der Waals surface area contributed by atoms with E-state index in [4.69, 9.17) is 0 Å². The largest absolute Gasteiger partial charge is 0.693 e. The summed E-state index contributed by atoms with van der Waals surface area (Å²) in [4.78, 5) is 0. The van der Waals surface area contributed by atoms with Crippen molar-refractivity contribution in [3.63, 3.8) is 0 Å². The molecule has 51 valence electrons. The van der Waals surface area contributed by atoms with Crippen molar-refractivity contribution in [3.8, 4) is 0 Å². The van der Waals surface area contributed by atoms with E-state index in [2.05, 4.69) is 0 Å². The zero-order chi connectivity index (χ0) is 0. The number of hydrogen-bond acceptors (Lipinski definition) is 0. The van der Waals surface area contributed by atoms with Gasteiger partial charge in [0.2, 0.25) is 0 Å². The third-order valence-corrected chi connectivity index (χ3v) is 0. The molecule has 6 heteroatoms. The molecule has 0 bridgehead atoms. The van der Waals surface area contributed by atoms with Crippen LogP contribution in [0.2, 0.25) is 0 Å². The van der Waals surface area contributed by atoms with Crippen molar-refractivity contribution < 1.29 is 22.5 Å². The van der Waals surface area contributed by atoms with Crippen molar-refractivity contribution in [3.05, 3.63) is 24.6 Å². The Balaban J connectivity index is 0. The summed E-state index contributed by atoms with van der Waals surface area (Å²) in [6.45, 7) is 0. The maximum atomic E-state index is 0. The first-order chi connectivity index (χ1) is 0. The monoisotopic (exact) mass is 145 g/mol. The van der Waals surface area contributed by atoms with Crippen LogP contribution in [0.5, 0.6) is 0 Å². The summed E-state index contributed by atoms with van der Waals surface area (Å²) in [6, 6.07) is 0. The van der Waals surface area contributed by atoms with Crippen LogP contribution >= 0.6 is 0 Å². The molecule has 0 aliphatic carbocycles. The molecule has 0 aromatic carbocycles. The molecule has 0 aliphatic heterocycles. The van der Waals surface area contributed by atoms with Crippen LogP contribution in [0.25, 0.3) is 24.6 Å². The van der Waals surface area contributed by atoms with Crippen LogP contribution in [0.1, 0.15) is 0 Å². The Morgan fingerprint density at radius 1 is 0.500 bits per heavy atom. The van der Waals surface area contributed by atoms with E-state index in [0.29, 0.717) is 0 Å². The SMILES string of the molecule is O.[Cu].[NH2-].[NH2-].[NH2-].[NH2-]. The summed E-state index contributed by atoms with van der Waals surface area (Å²) in [5.74, 6) is 0. The molecular weight excluding hydrogens is 136 g/mol. The average Bonchev–Trinajstić information content (AvgIpc) is 0. The summed E-state index contributed by atoms with van der Waals surface area (Å²) < 4.78 is 0. The number of rotatable bonds is 0. The van der Waals surface area contributed by atoms with Gasteiger partial charge in [-0.15, -0.1) is 0 Å². The third-order valence-electron chi connectivity index (χ3n) is 0. The van der Waals surface area contributed by atoms with E-state index in [1.54, 1.807) is 0 Å². The van der Waals surface area contributed by atoms with Crippen LogP contribution in [-0.2, 0) is 17.1 Å². The molecule has 5 nitrogen and oxygen atoms in total. The van der Waals surface area contributed by atoms with E-state index in [9.17, 15) is 0 Å². The van der Waals surface area contributed by atoms with Gasteiger partial charge in [-0.2, -0.15) is 0 Å². The Morgan fingerprint density at radius 3 is 0.500 bits per heavy atom. The standard InChI is InChI=1S/Cu.4H2N.H2O/h;5*1H2/q;4*-1;. The van der Waals surface area contributed by atoms with E-state index in [0.717, 1.165) is 0 Å². The zero-order valence-corrected chi connectivity index (χ0v) is 4.05. The zero-order valence-electron chi connectivity index (χ0n) is 3.11. The predicted molar refractivity (Wildman–Crippen MR) is 24.8 cm³/mol. The van der Waals surface area contributed by atoms with E-state index >= 15 is 0 Å². The van der Waals surface area contributed by atoms with Gasteiger partial charge in [0.25, 0.3) is 0 Å². The topological polar surface area (TPSA) is 166 Å². The van der Waals surface area contributed by atoms with Gasteiger partial charge in [-0.25, -0.2) is 0 Å². The second kappa shape index (κ2) is 972. The van der Waals surface area contributed by atoms with Crippen LogP contribution in [0.3, 0.4) is 0 Å². The van der Waals surface area contributed by atoms with Gasteiger partial charge < -0.3 is 30.1 Å². The van der Waals surface area contributed by atoms with Gasteiger partial charge >= 0.3 is 0 Å². The van der Waals surface area contributed by atoms with Crippen LogP contribution in [0, 0.1) is 0 Å². The fraction of sp³-hybridized carbons (Fsp3) is 0. The maximum Gasteiger partial charge on any atom is 0 e. The minimum atomic E-state index is 0. The van der Waals surface area contributed by atoms with Crippen LogP contribution in [0.15, 0.2) is 0 Å². The molecule has 0 fully saturated rings. The number of hydrogen-bond donors (Lipinski definition) is 0. The second-order valence-electron chi connectivity index (χ2n) is 0. The Bertz CT molecular complexity index is 7.51. The van der Waals surface area contributed by atoms with Crippen molar-refractivity contribution in [2.45, 2.75) is 0 Å². The van der Waals surface area contributed by atoms with Gasteiger partial charge in [-0.1, -0.05) is 0 Å². The van der Waals surface area contributed by atoms with Crippen molar-refractivity contribution in [1.29, 1.82) is 0 Å². The van der Waals surface area contributed by atoms with E-state index < -0.39 is 0 Å². The normalized spacial score (nSPS) is 0. The molecular formula is H10CuN4O-4. The van der Waals surface area contributed by atoms with Gasteiger partial charge in [0.15, 0.2) is 0 Å². The minimum Gasteiger partial charge on any atom is -0.693 e. The molecule has 0 amide bonds. The average molecular weight is 146 g/mol. The van der Waals surface area contributed by atoms with Gasteiger partial charge in [-0.05, 0) is 0 Å². The fourth-order valence-electron chi connectivity index (χ4n) is 0. The molecule has 0 aromatic rings. The van der Waals surface area contributed by atoms with Gasteiger partial charge in [0.05, 0.1) is 0 Å². The fourth-order valence-corrected chi connectivity index (χ4v) is 0. The van der Waals surface area contributed by atoms with Crippen LogP contribution in [-0.4, -0.2) is 5.48 Å².